The van der Waals surface area contributed by atoms with E-state index in [4.69, 9.17) is 18.9 Å². The predicted molar refractivity (Wildman–Crippen MR) is 101 cm³/mol. The van der Waals surface area contributed by atoms with Crippen LogP contribution in [0.5, 0.6) is 11.5 Å². The number of methoxy groups -OCH3 is 2. The lowest BCUT2D eigenvalue weighted by Gasteiger charge is -2.11. The van der Waals surface area contributed by atoms with Gasteiger partial charge in [-0.2, -0.15) is 0 Å². The first-order chi connectivity index (χ1) is 13.0. The molecule has 0 N–H and O–H groups in total. The van der Waals surface area contributed by atoms with Crippen LogP contribution < -0.4 is 9.47 Å². The first kappa shape index (κ1) is 20.3. The summed E-state index contributed by atoms with van der Waals surface area (Å²) in [6.45, 7) is 4.59. The molecule has 0 saturated heterocycles. The van der Waals surface area contributed by atoms with Crippen LogP contribution in [0.25, 0.3) is 0 Å². The predicted octanol–water partition coefficient (Wildman–Crippen LogP) is 3.72. The minimum atomic E-state index is -0.382. The molecule has 2 aromatic rings. The summed E-state index contributed by atoms with van der Waals surface area (Å²) in [5, 5.41) is 0. The molecule has 6 heteroatoms. The molecule has 0 radical (unpaired) electrons. The summed E-state index contributed by atoms with van der Waals surface area (Å²) in [6.07, 6.45) is 0.666. The van der Waals surface area contributed by atoms with Gasteiger partial charge in [0.1, 0.15) is 11.5 Å². The van der Waals surface area contributed by atoms with Crippen molar-refractivity contribution >= 4 is 11.9 Å². The molecule has 0 aromatic heterocycles. The summed E-state index contributed by atoms with van der Waals surface area (Å²) in [7, 11) is 2.71. The molecular formula is C21H24O6. The molecule has 0 aliphatic heterocycles. The number of hydrogen-bond acceptors (Lipinski definition) is 6. The first-order valence-corrected chi connectivity index (χ1v) is 8.59. The van der Waals surface area contributed by atoms with Crippen LogP contribution in [0.1, 0.15) is 38.3 Å². The number of hydrogen-bond donors (Lipinski definition) is 0. The highest BCUT2D eigenvalue weighted by molar-refractivity contribution is 5.91. The molecule has 0 saturated carbocycles. The second kappa shape index (κ2) is 9.62. The van der Waals surface area contributed by atoms with E-state index in [0.717, 1.165) is 11.1 Å². The molecule has 0 bridgehead atoms. The second-order valence-corrected chi connectivity index (χ2v) is 5.99. The highest BCUT2D eigenvalue weighted by Gasteiger charge is 2.11. The maximum absolute atomic E-state index is 11.7. The SMILES string of the molecule is COC(=O)c1ccc(OCCCOc2ccc(C)c(C(=O)OC)c2)cc1C. The van der Waals surface area contributed by atoms with Crippen molar-refractivity contribution in [3.63, 3.8) is 0 Å². The van der Waals surface area contributed by atoms with Crippen LogP contribution in [0.4, 0.5) is 0 Å². The van der Waals surface area contributed by atoms with Crippen molar-refractivity contribution in [2.24, 2.45) is 0 Å². The van der Waals surface area contributed by atoms with Gasteiger partial charge in [0.2, 0.25) is 0 Å². The molecule has 0 spiro atoms. The molecule has 0 heterocycles. The number of benzene rings is 2. The van der Waals surface area contributed by atoms with E-state index in [1.807, 2.05) is 26.0 Å². The van der Waals surface area contributed by atoms with Crippen molar-refractivity contribution in [2.75, 3.05) is 27.4 Å². The lowest BCUT2D eigenvalue weighted by molar-refractivity contribution is 0.0590. The van der Waals surface area contributed by atoms with E-state index in [9.17, 15) is 9.59 Å². The Bertz CT molecular complexity index is 812. The van der Waals surface area contributed by atoms with Crippen LogP contribution in [-0.2, 0) is 9.47 Å². The quantitative estimate of drug-likeness (QED) is 0.519. The van der Waals surface area contributed by atoms with Gasteiger partial charge in [-0.15, -0.1) is 0 Å². The Morgan fingerprint density at radius 1 is 0.741 bits per heavy atom. The van der Waals surface area contributed by atoms with E-state index in [1.54, 1.807) is 24.3 Å². The van der Waals surface area contributed by atoms with Gasteiger partial charge in [-0.25, -0.2) is 9.59 Å². The van der Waals surface area contributed by atoms with Crippen molar-refractivity contribution in [3.8, 4) is 11.5 Å². The Balaban J connectivity index is 1.82. The molecule has 144 valence electrons. The van der Waals surface area contributed by atoms with Crippen molar-refractivity contribution in [1.29, 1.82) is 0 Å². The van der Waals surface area contributed by atoms with Gasteiger partial charge in [0.15, 0.2) is 0 Å². The largest absolute Gasteiger partial charge is 0.493 e. The second-order valence-electron chi connectivity index (χ2n) is 5.99. The van der Waals surface area contributed by atoms with Gasteiger partial charge < -0.3 is 18.9 Å². The van der Waals surface area contributed by atoms with E-state index in [0.29, 0.717) is 42.3 Å². The van der Waals surface area contributed by atoms with Crippen LogP contribution >= 0.6 is 0 Å². The topological polar surface area (TPSA) is 71.1 Å². The Morgan fingerprint density at radius 2 is 1.30 bits per heavy atom. The third-order valence-corrected chi connectivity index (χ3v) is 4.04. The number of rotatable bonds is 8. The summed E-state index contributed by atoms with van der Waals surface area (Å²) in [4.78, 5) is 23.3. The molecule has 6 nitrogen and oxygen atoms in total. The van der Waals surface area contributed by atoms with E-state index >= 15 is 0 Å². The summed E-state index contributed by atoms with van der Waals surface area (Å²) in [5.41, 5.74) is 2.65. The zero-order valence-corrected chi connectivity index (χ0v) is 16.0. The van der Waals surface area contributed by atoms with Gasteiger partial charge in [0.05, 0.1) is 38.6 Å². The van der Waals surface area contributed by atoms with E-state index in [2.05, 4.69) is 0 Å². The molecule has 0 unspecified atom stereocenters. The van der Waals surface area contributed by atoms with Gasteiger partial charge in [0, 0.05) is 6.42 Å². The maximum atomic E-state index is 11.7. The Hall–Kier alpha value is -3.02. The van der Waals surface area contributed by atoms with Crippen molar-refractivity contribution in [2.45, 2.75) is 20.3 Å². The average molecular weight is 372 g/mol. The monoisotopic (exact) mass is 372 g/mol. The summed E-state index contributed by atoms with van der Waals surface area (Å²) >= 11 is 0. The lowest BCUT2D eigenvalue weighted by atomic mass is 10.1. The highest BCUT2D eigenvalue weighted by atomic mass is 16.5. The molecule has 2 aromatic carbocycles. The van der Waals surface area contributed by atoms with Crippen molar-refractivity contribution < 1.29 is 28.5 Å². The van der Waals surface area contributed by atoms with E-state index < -0.39 is 0 Å². The fraction of sp³-hybridized carbons (Fsp3) is 0.333. The average Bonchev–Trinajstić information content (AvgIpc) is 2.67. The number of esters is 2. The van der Waals surface area contributed by atoms with Crippen LogP contribution in [0.3, 0.4) is 0 Å². The first-order valence-electron chi connectivity index (χ1n) is 8.59. The molecule has 27 heavy (non-hydrogen) atoms. The summed E-state index contributed by atoms with van der Waals surface area (Å²) in [5.74, 6) is 0.548. The number of aryl methyl sites for hydroxylation is 2. The maximum Gasteiger partial charge on any atom is 0.338 e. The molecule has 0 atom stereocenters. The van der Waals surface area contributed by atoms with Gasteiger partial charge in [-0.05, 0) is 55.3 Å². The number of carbonyl (C=O) groups excluding carboxylic acids is 2. The Labute approximate surface area is 159 Å². The molecule has 0 fully saturated rings. The zero-order chi connectivity index (χ0) is 19.8. The van der Waals surface area contributed by atoms with Gasteiger partial charge in [-0.3, -0.25) is 0 Å². The third-order valence-electron chi connectivity index (χ3n) is 4.04. The zero-order valence-electron chi connectivity index (χ0n) is 16.0. The third kappa shape index (κ3) is 5.48. The number of carbonyl (C=O) groups is 2. The van der Waals surface area contributed by atoms with Crippen LogP contribution in [0, 0.1) is 13.8 Å². The summed E-state index contributed by atoms with van der Waals surface area (Å²) in [6, 6.07) is 10.5. The molecule has 0 aliphatic carbocycles. The minimum absolute atomic E-state index is 0.364. The van der Waals surface area contributed by atoms with Crippen LogP contribution in [-0.4, -0.2) is 39.4 Å². The number of ether oxygens (including phenoxy) is 4. The molecule has 2 rings (SSSR count). The van der Waals surface area contributed by atoms with Crippen molar-refractivity contribution in [1.82, 2.24) is 0 Å². The summed E-state index contributed by atoms with van der Waals surface area (Å²) < 4.78 is 20.8. The van der Waals surface area contributed by atoms with Crippen LogP contribution in [0.2, 0.25) is 0 Å². The van der Waals surface area contributed by atoms with Crippen LogP contribution in [0.15, 0.2) is 36.4 Å². The normalized spacial score (nSPS) is 10.2. The Kier molecular flexibility index (Phi) is 7.23. The highest BCUT2D eigenvalue weighted by Crippen LogP contribution is 2.20. The molecular weight excluding hydrogens is 348 g/mol. The van der Waals surface area contributed by atoms with E-state index in [1.165, 1.54) is 14.2 Å². The Morgan fingerprint density at radius 3 is 1.89 bits per heavy atom. The molecule has 0 amide bonds. The smallest absolute Gasteiger partial charge is 0.338 e. The standard InChI is InChI=1S/C21H24O6/c1-14-6-7-17(13-19(14)21(23)25-4)27-11-5-10-26-16-8-9-18(15(2)12-16)20(22)24-3/h6-9,12-13H,5,10-11H2,1-4H3. The van der Waals surface area contributed by atoms with E-state index in [-0.39, 0.29) is 11.9 Å². The fourth-order valence-corrected chi connectivity index (χ4v) is 2.52. The molecule has 0 aliphatic rings. The fourth-order valence-electron chi connectivity index (χ4n) is 2.52. The van der Waals surface area contributed by atoms with Gasteiger partial charge in [0.25, 0.3) is 0 Å². The van der Waals surface area contributed by atoms with Gasteiger partial charge in [-0.1, -0.05) is 6.07 Å². The van der Waals surface area contributed by atoms with Crippen molar-refractivity contribution in [3.05, 3.63) is 58.7 Å². The van der Waals surface area contributed by atoms with Gasteiger partial charge >= 0.3 is 11.9 Å². The lowest BCUT2D eigenvalue weighted by Crippen LogP contribution is -2.08. The minimum Gasteiger partial charge on any atom is -0.493 e.